The number of thiophene rings is 1. The second-order valence-corrected chi connectivity index (χ2v) is 6.79. The molecule has 3 aromatic rings. The van der Waals surface area contributed by atoms with Crippen molar-refractivity contribution in [1.82, 2.24) is 9.97 Å². The number of amides is 1. The number of hydrogen-bond acceptors (Lipinski definition) is 6. The fraction of sp³-hybridized carbons (Fsp3) is 0.267. The van der Waals surface area contributed by atoms with Crippen molar-refractivity contribution in [3.63, 3.8) is 0 Å². The number of pyridine rings is 1. The first kappa shape index (κ1) is 14.9. The second kappa shape index (κ2) is 6.41. The molecule has 5 nitrogen and oxygen atoms in total. The summed E-state index contributed by atoms with van der Waals surface area (Å²) in [6.45, 7) is 2.16. The fourth-order valence-electron chi connectivity index (χ4n) is 2.14. The monoisotopic (exact) mass is 332 g/mol. The maximum absolute atomic E-state index is 12.3. The summed E-state index contributed by atoms with van der Waals surface area (Å²) < 4.78 is 0. The lowest BCUT2D eigenvalue weighted by Crippen LogP contribution is -2.11. The van der Waals surface area contributed by atoms with E-state index >= 15 is 0 Å². The van der Waals surface area contributed by atoms with E-state index in [1.54, 1.807) is 6.20 Å². The molecule has 0 saturated carbocycles. The van der Waals surface area contributed by atoms with Crippen molar-refractivity contribution in [2.24, 2.45) is 0 Å². The molecule has 3 heterocycles. The first-order chi connectivity index (χ1) is 10.7. The van der Waals surface area contributed by atoms with Crippen LogP contribution in [-0.2, 0) is 6.42 Å². The van der Waals surface area contributed by atoms with Crippen molar-refractivity contribution in [3.05, 3.63) is 34.3 Å². The van der Waals surface area contributed by atoms with E-state index in [0.717, 1.165) is 35.2 Å². The minimum absolute atomic E-state index is 0.231. The fourth-order valence-corrected chi connectivity index (χ4v) is 3.67. The lowest BCUT2D eigenvalue weighted by Gasteiger charge is -2.00. The molecule has 0 aromatic carbocycles. The van der Waals surface area contributed by atoms with E-state index in [2.05, 4.69) is 22.2 Å². The average Bonchev–Trinajstić information content (AvgIpc) is 3.13. The van der Waals surface area contributed by atoms with Crippen LogP contribution in [0.4, 0.5) is 10.8 Å². The molecule has 0 fully saturated rings. The van der Waals surface area contributed by atoms with Gasteiger partial charge in [-0.1, -0.05) is 13.3 Å². The van der Waals surface area contributed by atoms with Crippen molar-refractivity contribution in [2.75, 3.05) is 11.1 Å². The van der Waals surface area contributed by atoms with Gasteiger partial charge in [0, 0.05) is 22.7 Å². The van der Waals surface area contributed by atoms with E-state index in [1.807, 2.05) is 17.5 Å². The average molecular weight is 332 g/mol. The number of aryl methyl sites for hydroxylation is 1. The molecule has 1 amide bonds. The Balaban J connectivity index is 1.89. The van der Waals surface area contributed by atoms with E-state index in [9.17, 15) is 4.79 Å². The molecule has 0 saturated heterocycles. The topological polar surface area (TPSA) is 80.9 Å². The highest BCUT2D eigenvalue weighted by Crippen LogP contribution is 2.33. The van der Waals surface area contributed by atoms with E-state index in [4.69, 9.17) is 5.73 Å². The molecule has 0 aliphatic rings. The Morgan fingerprint density at radius 3 is 3.00 bits per heavy atom. The third-order valence-electron chi connectivity index (χ3n) is 3.30. The van der Waals surface area contributed by atoms with E-state index in [1.165, 1.54) is 22.7 Å². The summed E-state index contributed by atoms with van der Waals surface area (Å²) in [4.78, 5) is 22.3. The van der Waals surface area contributed by atoms with Gasteiger partial charge in [-0.3, -0.25) is 10.1 Å². The summed E-state index contributed by atoms with van der Waals surface area (Å²) in [7, 11) is 0. The third kappa shape index (κ3) is 2.95. The molecule has 0 aliphatic carbocycles. The number of anilines is 2. The SMILES string of the molecule is CCCCc1ccc2c(N)c(C(=O)Nc3nccs3)sc2n1. The van der Waals surface area contributed by atoms with Crippen LogP contribution in [0.15, 0.2) is 23.7 Å². The van der Waals surface area contributed by atoms with Crippen LogP contribution in [0.3, 0.4) is 0 Å². The number of nitrogens with two attached hydrogens (primary N) is 1. The maximum Gasteiger partial charge on any atom is 0.269 e. The molecule has 0 bridgehead atoms. The molecule has 3 aromatic heterocycles. The van der Waals surface area contributed by atoms with Gasteiger partial charge in [0.15, 0.2) is 5.13 Å². The molecular formula is C15H16N4OS2. The summed E-state index contributed by atoms with van der Waals surface area (Å²) >= 11 is 2.71. The summed E-state index contributed by atoms with van der Waals surface area (Å²) in [6, 6.07) is 3.95. The van der Waals surface area contributed by atoms with Gasteiger partial charge in [0.05, 0.1) is 5.69 Å². The summed E-state index contributed by atoms with van der Waals surface area (Å²) in [5.41, 5.74) is 7.65. The van der Waals surface area contributed by atoms with Crippen molar-refractivity contribution in [1.29, 1.82) is 0 Å². The zero-order valence-corrected chi connectivity index (χ0v) is 13.8. The Hall–Kier alpha value is -1.99. The first-order valence-electron chi connectivity index (χ1n) is 7.07. The van der Waals surface area contributed by atoms with Crippen LogP contribution in [0.2, 0.25) is 0 Å². The highest BCUT2D eigenvalue weighted by atomic mass is 32.1. The third-order valence-corrected chi connectivity index (χ3v) is 5.10. The van der Waals surface area contributed by atoms with Gasteiger partial charge >= 0.3 is 0 Å². The molecule has 22 heavy (non-hydrogen) atoms. The van der Waals surface area contributed by atoms with Crippen molar-refractivity contribution in [2.45, 2.75) is 26.2 Å². The van der Waals surface area contributed by atoms with Crippen molar-refractivity contribution >= 4 is 49.6 Å². The highest BCUT2D eigenvalue weighted by molar-refractivity contribution is 7.21. The molecular weight excluding hydrogens is 316 g/mol. The van der Waals surface area contributed by atoms with Gasteiger partial charge in [0.1, 0.15) is 9.71 Å². The highest BCUT2D eigenvalue weighted by Gasteiger charge is 2.18. The number of fused-ring (bicyclic) bond motifs is 1. The van der Waals surface area contributed by atoms with Crippen LogP contribution < -0.4 is 11.1 Å². The number of carbonyl (C=O) groups excluding carboxylic acids is 1. The van der Waals surface area contributed by atoms with Gasteiger partial charge in [-0.15, -0.1) is 22.7 Å². The molecule has 3 rings (SSSR count). The standard InChI is InChI=1S/C15H16N4OS2/c1-2-3-4-9-5-6-10-11(16)12(22-14(10)18-9)13(20)19-15-17-7-8-21-15/h5-8H,2-4,16H2,1H3,(H,17,19,20). The molecule has 7 heteroatoms. The maximum atomic E-state index is 12.3. The largest absolute Gasteiger partial charge is 0.397 e. The van der Waals surface area contributed by atoms with Gasteiger partial charge in [-0.05, 0) is 25.0 Å². The summed E-state index contributed by atoms with van der Waals surface area (Å²) in [5, 5.41) is 5.98. The second-order valence-electron chi connectivity index (χ2n) is 4.90. The molecule has 0 spiro atoms. The zero-order valence-electron chi connectivity index (χ0n) is 12.1. The Labute approximate surface area is 136 Å². The quantitative estimate of drug-likeness (QED) is 0.742. The van der Waals surface area contributed by atoms with Gasteiger partial charge < -0.3 is 5.73 Å². The number of nitrogens with zero attached hydrogens (tertiary/aromatic N) is 2. The van der Waals surface area contributed by atoms with E-state index < -0.39 is 0 Å². The lowest BCUT2D eigenvalue weighted by atomic mass is 10.1. The van der Waals surface area contributed by atoms with Crippen molar-refractivity contribution < 1.29 is 4.79 Å². The number of aromatic nitrogens is 2. The van der Waals surface area contributed by atoms with Crippen LogP contribution in [-0.4, -0.2) is 15.9 Å². The van der Waals surface area contributed by atoms with Crippen LogP contribution in [0.5, 0.6) is 0 Å². The Morgan fingerprint density at radius 2 is 2.27 bits per heavy atom. The molecule has 0 aliphatic heterocycles. The smallest absolute Gasteiger partial charge is 0.269 e. The summed E-state index contributed by atoms with van der Waals surface area (Å²) in [6.07, 6.45) is 4.84. The Kier molecular flexibility index (Phi) is 4.35. The van der Waals surface area contributed by atoms with Crippen LogP contribution >= 0.6 is 22.7 Å². The van der Waals surface area contributed by atoms with Gasteiger partial charge in [0.25, 0.3) is 5.91 Å². The lowest BCUT2D eigenvalue weighted by molar-refractivity contribution is 0.103. The first-order valence-corrected chi connectivity index (χ1v) is 8.77. The number of carbonyl (C=O) groups is 1. The number of hydrogen-bond donors (Lipinski definition) is 2. The van der Waals surface area contributed by atoms with E-state index in [0.29, 0.717) is 15.7 Å². The van der Waals surface area contributed by atoms with Crippen LogP contribution in [0.1, 0.15) is 35.1 Å². The van der Waals surface area contributed by atoms with Gasteiger partial charge in [-0.2, -0.15) is 0 Å². The number of thiazole rings is 1. The normalized spacial score (nSPS) is 11.0. The molecule has 114 valence electrons. The van der Waals surface area contributed by atoms with Crippen molar-refractivity contribution in [3.8, 4) is 0 Å². The molecule has 0 atom stereocenters. The minimum atomic E-state index is -0.231. The van der Waals surface area contributed by atoms with Gasteiger partial charge in [0.2, 0.25) is 0 Å². The molecule has 0 unspecified atom stereocenters. The van der Waals surface area contributed by atoms with Crippen LogP contribution in [0, 0.1) is 0 Å². The number of rotatable bonds is 5. The van der Waals surface area contributed by atoms with Crippen LogP contribution in [0.25, 0.3) is 10.2 Å². The number of unbranched alkanes of at least 4 members (excludes halogenated alkanes) is 1. The number of nitrogens with one attached hydrogen (secondary N) is 1. The molecule has 3 N–H and O–H groups in total. The Morgan fingerprint density at radius 1 is 1.41 bits per heavy atom. The van der Waals surface area contributed by atoms with Gasteiger partial charge in [-0.25, -0.2) is 9.97 Å². The number of nitrogen functional groups attached to an aromatic ring is 1. The minimum Gasteiger partial charge on any atom is -0.397 e. The Bertz CT molecular complexity index is 795. The summed E-state index contributed by atoms with van der Waals surface area (Å²) in [5.74, 6) is -0.231. The predicted molar refractivity (Wildman–Crippen MR) is 92.7 cm³/mol. The predicted octanol–water partition coefficient (Wildman–Crippen LogP) is 3.93. The van der Waals surface area contributed by atoms with E-state index in [-0.39, 0.29) is 5.91 Å². The zero-order chi connectivity index (χ0) is 15.5. The molecule has 0 radical (unpaired) electrons.